The third-order valence-corrected chi connectivity index (χ3v) is 2.21. The smallest absolute Gasteiger partial charge is 0.280 e. The van der Waals surface area contributed by atoms with Gasteiger partial charge in [-0.15, -0.1) is 10.2 Å². The second kappa shape index (κ2) is 2.92. The molecule has 0 N–H and O–H groups in total. The van der Waals surface area contributed by atoms with Crippen LogP contribution in [0.4, 0.5) is 0 Å². The van der Waals surface area contributed by atoms with Crippen molar-refractivity contribution in [1.29, 1.82) is 0 Å². The highest BCUT2D eigenvalue weighted by Crippen LogP contribution is 2.34. The van der Waals surface area contributed by atoms with E-state index in [0.29, 0.717) is 18.8 Å². The first-order valence-corrected chi connectivity index (χ1v) is 4.18. The third kappa shape index (κ3) is 1.35. The molecule has 1 aliphatic rings. The van der Waals surface area contributed by atoms with Gasteiger partial charge in [0.15, 0.2) is 0 Å². The SMILES string of the molecule is CC1(c2nnc(C=O)o2)CCCO1. The van der Waals surface area contributed by atoms with E-state index in [9.17, 15) is 4.79 Å². The number of aldehydes is 1. The quantitative estimate of drug-likeness (QED) is 0.636. The lowest BCUT2D eigenvalue weighted by Gasteiger charge is -2.17. The molecule has 1 aromatic rings. The van der Waals surface area contributed by atoms with Gasteiger partial charge in [-0.3, -0.25) is 4.79 Å². The Hall–Kier alpha value is -1.23. The Morgan fingerprint density at radius 1 is 1.54 bits per heavy atom. The normalized spacial score (nSPS) is 27.8. The average Bonchev–Trinajstić information content (AvgIpc) is 2.72. The van der Waals surface area contributed by atoms with Gasteiger partial charge in [-0.2, -0.15) is 0 Å². The number of hydrogen-bond donors (Lipinski definition) is 0. The van der Waals surface area contributed by atoms with Crippen LogP contribution >= 0.6 is 0 Å². The fourth-order valence-corrected chi connectivity index (χ4v) is 1.44. The highest BCUT2D eigenvalue weighted by atomic mass is 16.5. The molecular formula is C8H10N2O3. The summed E-state index contributed by atoms with van der Waals surface area (Å²) in [6, 6.07) is 0. The minimum absolute atomic E-state index is 0.00623. The zero-order chi connectivity index (χ0) is 9.31. The Morgan fingerprint density at radius 2 is 2.38 bits per heavy atom. The highest BCUT2D eigenvalue weighted by Gasteiger charge is 2.37. The molecule has 1 fully saturated rings. The van der Waals surface area contributed by atoms with E-state index in [-0.39, 0.29) is 5.89 Å². The van der Waals surface area contributed by atoms with Gasteiger partial charge in [-0.1, -0.05) is 0 Å². The summed E-state index contributed by atoms with van der Waals surface area (Å²) in [5, 5.41) is 7.33. The van der Waals surface area contributed by atoms with E-state index < -0.39 is 5.60 Å². The van der Waals surface area contributed by atoms with E-state index in [0.717, 1.165) is 12.8 Å². The van der Waals surface area contributed by atoms with Crippen molar-refractivity contribution in [3.8, 4) is 0 Å². The van der Waals surface area contributed by atoms with Gasteiger partial charge in [0.2, 0.25) is 12.2 Å². The molecule has 70 valence electrons. The molecule has 1 aliphatic heterocycles. The Labute approximate surface area is 75.1 Å². The Morgan fingerprint density at radius 3 is 2.92 bits per heavy atom. The summed E-state index contributed by atoms with van der Waals surface area (Å²) in [6.45, 7) is 2.59. The summed E-state index contributed by atoms with van der Waals surface area (Å²) in [6.07, 6.45) is 2.37. The molecule has 0 spiro atoms. The van der Waals surface area contributed by atoms with Crippen LogP contribution in [-0.4, -0.2) is 23.1 Å². The summed E-state index contributed by atoms with van der Waals surface area (Å²) in [7, 11) is 0. The van der Waals surface area contributed by atoms with Crippen LogP contribution in [-0.2, 0) is 10.3 Å². The molecule has 2 heterocycles. The second-order valence-corrected chi connectivity index (χ2v) is 3.25. The van der Waals surface area contributed by atoms with E-state index in [4.69, 9.17) is 9.15 Å². The van der Waals surface area contributed by atoms with Crippen LogP contribution in [0, 0.1) is 0 Å². The molecule has 0 aromatic carbocycles. The van der Waals surface area contributed by atoms with Gasteiger partial charge in [0, 0.05) is 6.61 Å². The Balaban J connectivity index is 2.28. The summed E-state index contributed by atoms with van der Waals surface area (Å²) in [5.74, 6) is 0.402. The number of ether oxygens (including phenoxy) is 1. The van der Waals surface area contributed by atoms with Crippen molar-refractivity contribution >= 4 is 6.29 Å². The topological polar surface area (TPSA) is 65.2 Å². The maximum atomic E-state index is 10.3. The molecule has 0 saturated carbocycles. The minimum atomic E-state index is -0.492. The Kier molecular flexibility index (Phi) is 1.88. The number of hydrogen-bond acceptors (Lipinski definition) is 5. The molecule has 13 heavy (non-hydrogen) atoms. The predicted octanol–water partition coefficient (Wildman–Crippen LogP) is 0.908. The largest absolute Gasteiger partial charge is 0.415 e. The van der Waals surface area contributed by atoms with Gasteiger partial charge in [0.05, 0.1) is 0 Å². The van der Waals surface area contributed by atoms with E-state index in [1.165, 1.54) is 0 Å². The number of carbonyl (C=O) groups is 1. The van der Waals surface area contributed by atoms with Crippen molar-refractivity contribution in [2.24, 2.45) is 0 Å². The first-order chi connectivity index (χ1) is 6.24. The van der Waals surface area contributed by atoms with Gasteiger partial charge in [0.25, 0.3) is 5.89 Å². The van der Waals surface area contributed by atoms with E-state index in [2.05, 4.69) is 10.2 Å². The lowest BCUT2D eigenvalue weighted by Crippen LogP contribution is -2.20. The molecule has 5 heteroatoms. The summed E-state index contributed by atoms with van der Waals surface area (Å²) in [4.78, 5) is 10.3. The molecule has 0 bridgehead atoms. The van der Waals surface area contributed by atoms with E-state index in [1.54, 1.807) is 0 Å². The highest BCUT2D eigenvalue weighted by molar-refractivity contribution is 5.66. The van der Waals surface area contributed by atoms with Crippen LogP contribution in [0.15, 0.2) is 4.42 Å². The predicted molar refractivity (Wildman–Crippen MR) is 42.2 cm³/mol. The lowest BCUT2D eigenvalue weighted by molar-refractivity contribution is -0.00579. The number of nitrogens with zero attached hydrogens (tertiary/aromatic N) is 2. The van der Waals surface area contributed by atoms with Crippen molar-refractivity contribution in [3.05, 3.63) is 11.8 Å². The fraction of sp³-hybridized carbons (Fsp3) is 0.625. The summed E-state index contributed by atoms with van der Waals surface area (Å²) >= 11 is 0. The first kappa shape index (κ1) is 8.37. The van der Waals surface area contributed by atoms with Gasteiger partial charge >= 0.3 is 0 Å². The molecule has 5 nitrogen and oxygen atoms in total. The van der Waals surface area contributed by atoms with Crippen LogP contribution < -0.4 is 0 Å². The first-order valence-electron chi connectivity index (χ1n) is 4.18. The van der Waals surface area contributed by atoms with Gasteiger partial charge in [-0.05, 0) is 19.8 Å². The maximum absolute atomic E-state index is 10.3. The van der Waals surface area contributed by atoms with Crippen molar-refractivity contribution < 1.29 is 13.9 Å². The zero-order valence-corrected chi connectivity index (χ0v) is 7.32. The lowest BCUT2D eigenvalue weighted by atomic mass is 10.0. The molecule has 1 atom stereocenters. The van der Waals surface area contributed by atoms with Crippen molar-refractivity contribution in [3.63, 3.8) is 0 Å². The number of rotatable bonds is 2. The molecule has 1 saturated heterocycles. The molecule has 2 rings (SSSR count). The van der Waals surface area contributed by atoms with Crippen molar-refractivity contribution in [1.82, 2.24) is 10.2 Å². The van der Waals surface area contributed by atoms with Crippen LogP contribution in [0.5, 0.6) is 0 Å². The van der Waals surface area contributed by atoms with Gasteiger partial charge in [-0.25, -0.2) is 0 Å². The molecule has 0 radical (unpaired) electrons. The van der Waals surface area contributed by atoms with Crippen molar-refractivity contribution in [2.75, 3.05) is 6.61 Å². The summed E-state index contributed by atoms with van der Waals surface area (Å²) in [5.41, 5.74) is -0.492. The maximum Gasteiger partial charge on any atom is 0.280 e. The zero-order valence-electron chi connectivity index (χ0n) is 7.32. The van der Waals surface area contributed by atoms with Gasteiger partial charge < -0.3 is 9.15 Å². The van der Waals surface area contributed by atoms with Crippen LogP contribution in [0.25, 0.3) is 0 Å². The van der Waals surface area contributed by atoms with E-state index in [1.807, 2.05) is 6.92 Å². The fourth-order valence-electron chi connectivity index (χ4n) is 1.44. The summed E-state index contributed by atoms with van der Waals surface area (Å²) < 4.78 is 10.6. The monoisotopic (exact) mass is 182 g/mol. The molecule has 0 amide bonds. The van der Waals surface area contributed by atoms with Crippen molar-refractivity contribution in [2.45, 2.75) is 25.4 Å². The number of aromatic nitrogens is 2. The molecule has 1 unspecified atom stereocenters. The molecule has 0 aliphatic carbocycles. The Bertz CT molecular complexity index is 315. The second-order valence-electron chi connectivity index (χ2n) is 3.25. The van der Waals surface area contributed by atoms with Gasteiger partial charge in [0.1, 0.15) is 5.60 Å². The molecular weight excluding hydrogens is 172 g/mol. The standard InChI is InChI=1S/C8H10N2O3/c1-8(3-2-4-12-8)7-10-9-6(5-11)13-7/h5H,2-4H2,1H3. The van der Waals surface area contributed by atoms with Crippen LogP contribution in [0.3, 0.4) is 0 Å². The van der Waals surface area contributed by atoms with Crippen LogP contribution in [0.2, 0.25) is 0 Å². The molecule has 1 aromatic heterocycles. The number of carbonyl (C=O) groups excluding carboxylic acids is 1. The van der Waals surface area contributed by atoms with Crippen LogP contribution in [0.1, 0.15) is 36.3 Å². The average molecular weight is 182 g/mol. The third-order valence-electron chi connectivity index (χ3n) is 2.21. The minimum Gasteiger partial charge on any atom is -0.415 e. The van der Waals surface area contributed by atoms with E-state index >= 15 is 0 Å².